The van der Waals surface area contributed by atoms with Gasteiger partial charge in [-0.1, -0.05) is 0 Å². The molecule has 1 aromatic heterocycles. The molecule has 134 valence electrons. The number of carbonyl (C=O) groups excluding carboxylic acids is 1. The van der Waals surface area contributed by atoms with Crippen LogP contribution >= 0.6 is 7.82 Å². The van der Waals surface area contributed by atoms with Crippen LogP contribution in [0.5, 0.6) is 0 Å². The van der Waals surface area contributed by atoms with Gasteiger partial charge in [-0.3, -0.25) is 19.6 Å². The van der Waals surface area contributed by atoms with Crippen LogP contribution in [0, 0.1) is 0 Å². The number of imidazole rings is 1. The van der Waals surface area contributed by atoms with Gasteiger partial charge in [0.05, 0.1) is 12.9 Å². The zero-order valence-corrected chi connectivity index (χ0v) is 12.9. The van der Waals surface area contributed by atoms with Gasteiger partial charge < -0.3 is 35.4 Å². The molecule has 0 spiro atoms. The van der Waals surface area contributed by atoms with Crippen molar-refractivity contribution in [1.82, 2.24) is 14.9 Å². The zero-order valence-electron chi connectivity index (χ0n) is 12.0. The first-order chi connectivity index (χ1) is 11.2. The molecule has 1 amide bonds. The minimum absolute atomic E-state index is 0.0249. The number of carbonyl (C=O) groups is 1. The molecule has 8 N–H and O–H groups in total. The maximum atomic E-state index is 11.8. The molecule has 0 bridgehead atoms. The van der Waals surface area contributed by atoms with Crippen LogP contribution in [0.4, 0.5) is 5.82 Å². The molecule has 3 heterocycles. The fourth-order valence-corrected chi connectivity index (χ4v) is 2.86. The zero-order chi connectivity index (χ0) is 17.6. The molecule has 14 heteroatoms. The third-order valence-electron chi connectivity index (χ3n) is 3.61. The SMILES string of the molecule is NC1NC(=O)c2ncn([C@H]3O[C@@H](COP(=O)(O)O)[C@H](O)[C@@H]3O)c2N1. The number of phosphoric acid groups is 1. The number of hydrogen-bond donors (Lipinski definition) is 7. The second kappa shape index (κ2) is 6.06. The molecule has 0 saturated carbocycles. The van der Waals surface area contributed by atoms with Crippen molar-refractivity contribution in [2.75, 3.05) is 11.9 Å². The van der Waals surface area contributed by atoms with Crippen molar-refractivity contribution in [2.24, 2.45) is 5.73 Å². The molecule has 2 aliphatic heterocycles. The smallest absolute Gasteiger partial charge is 0.387 e. The van der Waals surface area contributed by atoms with E-state index in [2.05, 4.69) is 20.1 Å². The van der Waals surface area contributed by atoms with Crippen molar-refractivity contribution < 1.29 is 38.6 Å². The second-order valence-electron chi connectivity index (χ2n) is 5.28. The Balaban J connectivity index is 1.81. The van der Waals surface area contributed by atoms with E-state index in [4.69, 9.17) is 20.3 Å². The summed E-state index contributed by atoms with van der Waals surface area (Å²) < 4.78 is 21.7. The fraction of sp³-hybridized carbons (Fsp3) is 0.600. The lowest BCUT2D eigenvalue weighted by Crippen LogP contribution is -2.51. The van der Waals surface area contributed by atoms with Crippen LogP contribution in [-0.2, 0) is 13.8 Å². The maximum absolute atomic E-state index is 11.8. The minimum Gasteiger partial charge on any atom is -0.387 e. The summed E-state index contributed by atoms with van der Waals surface area (Å²) in [4.78, 5) is 33.1. The van der Waals surface area contributed by atoms with Gasteiger partial charge in [0.25, 0.3) is 5.91 Å². The standard InChI is InChI=1S/C10H16N5O8P/c11-10-13-7-4(8(18)14-10)12-2-15(7)9-6(17)5(16)3(23-9)1-22-24(19,20)21/h2-3,5-6,9-10,13,16-17H,1,11H2,(H,14,18)(H2,19,20,21)/t3-,5-,6-,9-,10?/m0/s1. The topological polar surface area (TPSA) is 201 Å². The first kappa shape index (κ1) is 17.3. The van der Waals surface area contributed by atoms with E-state index in [0.717, 1.165) is 0 Å². The number of ether oxygens (including phenoxy) is 1. The summed E-state index contributed by atoms with van der Waals surface area (Å²) in [6.07, 6.45) is -4.93. The number of nitrogens with zero attached hydrogens (tertiary/aromatic N) is 2. The van der Waals surface area contributed by atoms with Crippen LogP contribution in [0.2, 0.25) is 0 Å². The highest BCUT2D eigenvalue weighted by molar-refractivity contribution is 7.46. The van der Waals surface area contributed by atoms with Gasteiger partial charge >= 0.3 is 7.82 Å². The number of nitrogens with two attached hydrogens (primary N) is 1. The Labute approximate surface area is 134 Å². The number of aliphatic hydroxyl groups excluding tert-OH is 2. The Kier molecular flexibility index (Phi) is 4.36. The van der Waals surface area contributed by atoms with Crippen molar-refractivity contribution in [3.05, 3.63) is 12.0 Å². The fourth-order valence-electron chi connectivity index (χ4n) is 2.52. The summed E-state index contributed by atoms with van der Waals surface area (Å²) in [5.41, 5.74) is 5.63. The van der Waals surface area contributed by atoms with E-state index >= 15 is 0 Å². The molecule has 1 fully saturated rings. The highest BCUT2D eigenvalue weighted by atomic mass is 31.2. The lowest BCUT2D eigenvalue weighted by atomic mass is 10.1. The molecule has 0 aliphatic carbocycles. The molecule has 13 nitrogen and oxygen atoms in total. The summed E-state index contributed by atoms with van der Waals surface area (Å²) >= 11 is 0. The quantitative estimate of drug-likeness (QED) is 0.268. The summed E-state index contributed by atoms with van der Waals surface area (Å²) in [6, 6.07) is 0. The Morgan fingerprint density at radius 3 is 2.75 bits per heavy atom. The summed E-state index contributed by atoms with van der Waals surface area (Å²) in [5.74, 6) is -0.344. The van der Waals surface area contributed by atoms with Crippen molar-refractivity contribution in [2.45, 2.75) is 30.8 Å². The van der Waals surface area contributed by atoms with Gasteiger partial charge in [-0.05, 0) is 0 Å². The van der Waals surface area contributed by atoms with Crippen LogP contribution in [0.15, 0.2) is 6.33 Å². The number of rotatable bonds is 4. The van der Waals surface area contributed by atoms with Crippen LogP contribution < -0.4 is 16.4 Å². The molecule has 0 aromatic carbocycles. The van der Waals surface area contributed by atoms with Crippen molar-refractivity contribution in [1.29, 1.82) is 0 Å². The highest BCUT2D eigenvalue weighted by Gasteiger charge is 2.46. The van der Waals surface area contributed by atoms with E-state index in [1.165, 1.54) is 10.9 Å². The number of nitrogens with one attached hydrogen (secondary N) is 2. The summed E-state index contributed by atoms with van der Waals surface area (Å²) in [7, 11) is -4.75. The van der Waals surface area contributed by atoms with Crippen molar-refractivity contribution >= 4 is 19.5 Å². The molecular formula is C10H16N5O8P. The van der Waals surface area contributed by atoms with E-state index in [1.807, 2.05) is 0 Å². The van der Waals surface area contributed by atoms with Crippen LogP contribution in [0.1, 0.15) is 16.7 Å². The molecule has 2 aliphatic rings. The largest absolute Gasteiger partial charge is 0.469 e. The van der Waals surface area contributed by atoms with Gasteiger partial charge in [-0.15, -0.1) is 0 Å². The molecule has 1 unspecified atom stereocenters. The van der Waals surface area contributed by atoms with Crippen LogP contribution in [0.25, 0.3) is 0 Å². The Morgan fingerprint density at radius 1 is 1.38 bits per heavy atom. The average Bonchev–Trinajstić information content (AvgIpc) is 3.00. The van der Waals surface area contributed by atoms with Crippen molar-refractivity contribution in [3.63, 3.8) is 0 Å². The Hall–Kier alpha value is -1.57. The number of fused-ring (bicyclic) bond motifs is 1. The molecule has 5 atom stereocenters. The van der Waals surface area contributed by atoms with Crippen LogP contribution in [-0.4, -0.2) is 66.7 Å². The lowest BCUT2D eigenvalue weighted by Gasteiger charge is -2.25. The molecule has 24 heavy (non-hydrogen) atoms. The van der Waals surface area contributed by atoms with E-state index < -0.39 is 51.2 Å². The second-order valence-corrected chi connectivity index (χ2v) is 6.52. The monoisotopic (exact) mass is 365 g/mol. The lowest BCUT2D eigenvalue weighted by molar-refractivity contribution is -0.0512. The Morgan fingerprint density at radius 2 is 2.08 bits per heavy atom. The van der Waals surface area contributed by atoms with E-state index in [-0.39, 0.29) is 11.5 Å². The molecule has 1 saturated heterocycles. The third-order valence-corrected chi connectivity index (χ3v) is 4.09. The number of aliphatic hydroxyl groups is 2. The predicted octanol–water partition coefficient (Wildman–Crippen LogP) is -2.99. The Bertz CT molecular complexity index is 691. The third kappa shape index (κ3) is 3.16. The molecule has 0 radical (unpaired) electrons. The predicted molar refractivity (Wildman–Crippen MR) is 75.2 cm³/mol. The maximum Gasteiger partial charge on any atom is 0.469 e. The average molecular weight is 365 g/mol. The van der Waals surface area contributed by atoms with Gasteiger partial charge in [0, 0.05) is 0 Å². The van der Waals surface area contributed by atoms with Gasteiger partial charge in [-0.2, -0.15) is 0 Å². The van der Waals surface area contributed by atoms with Gasteiger partial charge in [0.15, 0.2) is 18.2 Å². The number of hydrogen-bond acceptors (Lipinski definition) is 9. The number of amides is 1. The normalized spacial score (nSPS) is 33.0. The number of aromatic nitrogens is 2. The minimum atomic E-state index is -4.75. The highest BCUT2D eigenvalue weighted by Crippen LogP contribution is 2.39. The molecular weight excluding hydrogens is 349 g/mol. The van der Waals surface area contributed by atoms with E-state index in [9.17, 15) is 19.6 Å². The van der Waals surface area contributed by atoms with Crippen LogP contribution in [0.3, 0.4) is 0 Å². The molecule has 3 rings (SSSR count). The van der Waals surface area contributed by atoms with E-state index in [0.29, 0.717) is 0 Å². The first-order valence-corrected chi connectivity index (χ1v) is 8.32. The summed E-state index contributed by atoms with van der Waals surface area (Å²) in [5, 5.41) is 25.2. The number of phosphoric ester groups is 1. The first-order valence-electron chi connectivity index (χ1n) is 6.79. The summed E-state index contributed by atoms with van der Waals surface area (Å²) in [6.45, 7) is -0.636. The number of anilines is 1. The van der Waals surface area contributed by atoms with Crippen molar-refractivity contribution in [3.8, 4) is 0 Å². The van der Waals surface area contributed by atoms with Gasteiger partial charge in [-0.25, -0.2) is 9.55 Å². The van der Waals surface area contributed by atoms with Gasteiger partial charge in [0.2, 0.25) is 0 Å². The van der Waals surface area contributed by atoms with Gasteiger partial charge in [0.1, 0.15) is 24.1 Å². The molecule has 1 aromatic rings. The van der Waals surface area contributed by atoms with E-state index in [1.54, 1.807) is 0 Å².